The van der Waals surface area contributed by atoms with E-state index in [4.69, 9.17) is 15.2 Å². The van der Waals surface area contributed by atoms with Gasteiger partial charge in [-0.15, -0.1) is 5.10 Å². The molecule has 3 aromatic rings. The summed E-state index contributed by atoms with van der Waals surface area (Å²) in [7, 11) is 0. The Hall–Kier alpha value is -4.36. The number of benzene rings is 2. The summed E-state index contributed by atoms with van der Waals surface area (Å²) in [6.45, 7) is 4.14. The van der Waals surface area contributed by atoms with E-state index < -0.39 is 10.8 Å². The second-order valence-electron chi connectivity index (χ2n) is 8.21. The number of H-pyrrole nitrogens is 1. The first-order chi connectivity index (χ1) is 16.5. The first-order valence-corrected chi connectivity index (χ1v) is 10.8. The Morgan fingerprint density at radius 2 is 1.97 bits per heavy atom. The molecule has 1 aromatic heterocycles. The van der Waals surface area contributed by atoms with E-state index in [1.54, 1.807) is 12.1 Å². The van der Waals surface area contributed by atoms with Crippen LogP contribution in [-0.4, -0.2) is 41.4 Å². The van der Waals surface area contributed by atoms with E-state index in [0.717, 1.165) is 11.1 Å². The lowest BCUT2D eigenvalue weighted by molar-refractivity contribution is -0.384. The number of nitriles is 1. The molecule has 10 heteroatoms. The Labute approximate surface area is 195 Å². The Morgan fingerprint density at radius 3 is 2.65 bits per heavy atom. The van der Waals surface area contributed by atoms with Crippen molar-refractivity contribution in [2.24, 2.45) is 5.73 Å². The molecule has 0 saturated carbocycles. The minimum absolute atomic E-state index is 0.0383. The first kappa shape index (κ1) is 21.5. The molecule has 0 radical (unpaired) electrons. The number of aryl methyl sites for hydroxylation is 1. The first-order valence-electron chi connectivity index (χ1n) is 10.8. The number of nitro benzene ring substituents is 1. The van der Waals surface area contributed by atoms with E-state index in [2.05, 4.69) is 16.3 Å². The fourth-order valence-electron chi connectivity index (χ4n) is 4.46. The molecule has 2 aliphatic rings. The van der Waals surface area contributed by atoms with Gasteiger partial charge in [0.2, 0.25) is 11.8 Å². The molecule has 3 heterocycles. The number of hydrogen-bond acceptors (Lipinski definition) is 8. The molecule has 2 aromatic carbocycles. The zero-order chi connectivity index (χ0) is 23.8. The molecule has 172 valence electrons. The Kier molecular flexibility index (Phi) is 5.39. The number of aromatic nitrogens is 2. The third-order valence-corrected chi connectivity index (χ3v) is 6.16. The number of ether oxygens (including phenoxy) is 2. The van der Waals surface area contributed by atoms with Crippen LogP contribution in [0.5, 0.6) is 5.88 Å². The average Bonchev–Trinajstić information content (AvgIpc) is 3.27. The van der Waals surface area contributed by atoms with E-state index in [-0.39, 0.29) is 23.0 Å². The van der Waals surface area contributed by atoms with Crippen LogP contribution in [0.4, 0.5) is 11.4 Å². The molecule has 1 saturated heterocycles. The third-order valence-electron chi connectivity index (χ3n) is 6.16. The van der Waals surface area contributed by atoms with Gasteiger partial charge >= 0.3 is 0 Å². The summed E-state index contributed by atoms with van der Waals surface area (Å²) in [6.07, 6.45) is 0. The van der Waals surface area contributed by atoms with Crippen molar-refractivity contribution in [2.75, 3.05) is 31.2 Å². The minimum atomic E-state index is -0.679. The van der Waals surface area contributed by atoms with Gasteiger partial charge in [0.1, 0.15) is 17.3 Å². The molecule has 2 aliphatic heterocycles. The van der Waals surface area contributed by atoms with Crippen LogP contribution in [0.1, 0.15) is 22.6 Å². The maximum Gasteiger partial charge on any atom is 0.292 e. The number of hydrogen-bond donors (Lipinski definition) is 2. The number of nitrogens with one attached hydrogen (secondary N) is 1. The fraction of sp³-hybridized carbons (Fsp3) is 0.250. The van der Waals surface area contributed by atoms with Gasteiger partial charge in [-0.3, -0.25) is 15.2 Å². The predicted molar refractivity (Wildman–Crippen MR) is 124 cm³/mol. The van der Waals surface area contributed by atoms with Crippen molar-refractivity contribution in [1.82, 2.24) is 10.2 Å². The van der Waals surface area contributed by atoms with Crippen LogP contribution < -0.4 is 15.4 Å². The molecule has 1 fully saturated rings. The van der Waals surface area contributed by atoms with Gasteiger partial charge in [0, 0.05) is 24.7 Å². The second-order valence-corrected chi connectivity index (χ2v) is 8.21. The third kappa shape index (κ3) is 3.62. The average molecular weight is 458 g/mol. The lowest BCUT2D eigenvalue weighted by atomic mass is 9.82. The highest BCUT2D eigenvalue weighted by molar-refractivity contribution is 5.73. The topological polar surface area (TPSA) is 143 Å². The summed E-state index contributed by atoms with van der Waals surface area (Å²) >= 11 is 0. The quantitative estimate of drug-likeness (QED) is 0.447. The summed E-state index contributed by atoms with van der Waals surface area (Å²) in [6, 6.07) is 15.0. The fourth-order valence-corrected chi connectivity index (χ4v) is 4.46. The molecule has 0 unspecified atom stereocenters. The summed E-state index contributed by atoms with van der Waals surface area (Å²) < 4.78 is 11.0. The maximum absolute atomic E-state index is 12.0. The summed E-state index contributed by atoms with van der Waals surface area (Å²) in [5.74, 6) is -0.500. The van der Waals surface area contributed by atoms with Gasteiger partial charge in [-0.25, -0.2) is 0 Å². The van der Waals surface area contributed by atoms with Crippen LogP contribution >= 0.6 is 0 Å². The van der Waals surface area contributed by atoms with Crippen molar-refractivity contribution in [3.8, 4) is 23.2 Å². The van der Waals surface area contributed by atoms with E-state index in [1.165, 1.54) is 6.07 Å². The van der Waals surface area contributed by atoms with Gasteiger partial charge in [-0.05, 0) is 18.6 Å². The molecule has 1 atom stereocenters. The number of fused-ring (bicyclic) bond motifs is 1. The monoisotopic (exact) mass is 458 g/mol. The van der Waals surface area contributed by atoms with Crippen molar-refractivity contribution < 1.29 is 14.4 Å². The zero-order valence-electron chi connectivity index (χ0n) is 18.4. The van der Waals surface area contributed by atoms with Gasteiger partial charge in [-0.2, -0.15) is 5.26 Å². The summed E-state index contributed by atoms with van der Waals surface area (Å²) in [5.41, 5.74) is 10.5. The molecule has 0 aliphatic carbocycles. The molecule has 0 bridgehead atoms. The van der Waals surface area contributed by atoms with Gasteiger partial charge < -0.3 is 20.1 Å². The van der Waals surface area contributed by atoms with Crippen molar-refractivity contribution in [2.45, 2.75) is 12.8 Å². The Balaban J connectivity index is 1.67. The zero-order valence-corrected chi connectivity index (χ0v) is 18.4. The van der Waals surface area contributed by atoms with Crippen LogP contribution in [0.25, 0.3) is 11.3 Å². The SMILES string of the molecule is Cc1ccc(-c2[nH]nc3c2[C@H](c2ccc(N4CCOCC4)c([N+](=O)[O-])c2)C(C#N)=C(N)O3)cc1. The van der Waals surface area contributed by atoms with Crippen LogP contribution in [0.2, 0.25) is 0 Å². The van der Waals surface area contributed by atoms with E-state index in [9.17, 15) is 15.4 Å². The lowest BCUT2D eigenvalue weighted by Crippen LogP contribution is -2.36. The standard InChI is InChI=1S/C24H22N6O4/c1-14-2-4-15(5-3-14)22-21-20(17(13-25)23(26)34-24(21)28-27-22)16-6-7-18(19(12-16)30(31)32)29-8-10-33-11-9-29/h2-7,12,20H,8-11,26H2,1H3,(H,27,28)/t20-/m1/s1. The normalized spacial score (nSPS) is 17.6. The number of rotatable bonds is 4. The number of nitrogens with zero attached hydrogens (tertiary/aromatic N) is 4. The number of nitrogens with two attached hydrogens (primary N) is 1. The molecule has 0 amide bonds. The maximum atomic E-state index is 12.0. The smallest absolute Gasteiger partial charge is 0.292 e. The van der Waals surface area contributed by atoms with E-state index in [1.807, 2.05) is 36.1 Å². The minimum Gasteiger partial charge on any atom is -0.420 e. The Bertz CT molecular complexity index is 1330. The largest absolute Gasteiger partial charge is 0.420 e. The summed E-state index contributed by atoms with van der Waals surface area (Å²) in [4.78, 5) is 13.6. The van der Waals surface area contributed by atoms with Crippen LogP contribution in [-0.2, 0) is 4.74 Å². The molecule has 10 nitrogen and oxygen atoms in total. The van der Waals surface area contributed by atoms with Crippen molar-refractivity contribution in [1.29, 1.82) is 5.26 Å². The number of anilines is 1. The van der Waals surface area contributed by atoms with Crippen LogP contribution in [0.3, 0.4) is 0 Å². The predicted octanol–water partition coefficient (Wildman–Crippen LogP) is 3.35. The van der Waals surface area contributed by atoms with Gasteiger partial charge in [0.05, 0.1) is 35.3 Å². The summed E-state index contributed by atoms with van der Waals surface area (Å²) in [5, 5.41) is 29.2. The van der Waals surface area contributed by atoms with E-state index >= 15 is 0 Å². The molecule has 3 N–H and O–H groups in total. The highest BCUT2D eigenvalue weighted by Gasteiger charge is 2.37. The van der Waals surface area contributed by atoms with Crippen LogP contribution in [0, 0.1) is 28.4 Å². The van der Waals surface area contributed by atoms with Crippen molar-refractivity contribution in [3.63, 3.8) is 0 Å². The molecular formula is C24H22N6O4. The van der Waals surface area contributed by atoms with Gasteiger partial charge in [0.15, 0.2) is 0 Å². The number of aromatic amines is 1. The van der Waals surface area contributed by atoms with Gasteiger partial charge in [-0.1, -0.05) is 35.9 Å². The molecule has 34 heavy (non-hydrogen) atoms. The highest BCUT2D eigenvalue weighted by Crippen LogP contribution is 2.47. The van der Waals surface area contributed by atoms with Crippen molar-refractivity contribution >= 4 is 11.4 Å². The second kappa shape index (κ2) is 8.53. The highest BCUT2D eigenvalue weighted by atomic mass is 16.6. The number of allylic oxidation sites excluding steroid dienone is 1. The van der Waals surface area contributed by atoms with Crippen molar-refractivity contribution in [3.05, 3.63) is 80.7 Å². The molecule has 5 rings (SSSR count). The van der Waals surface area contributed by atoms with Gasteiger partial charge in [0.25, 0.3) is 5.69 Å². The lowest BCUT2D eigenvalue weighted by Gasteiger charge is -2.29. The number of morpholine rings is 1. The Morgan fingerprint density at radius 1 is 1.24 bits per heavy atom. The molecule has 0 spiro atoms. The number of nitro groups is 1. The van der Waals surface area contributed by atoms with E-state index in [0.29, 0.717) is 48.8 Å². The van der Waals surface area contributed by atoms with Crippen LogP contribution in [0.15, 0.2) is 53.9 Å². The molecular weight excluding hydrogens is 436 g/mol.